The van der Waals surface area contributed by atoms with Gasteiger partial charge in [0.05, 0.1) is 18.2 Å². The Bertz CT molecular complexity index is 1200. The van der Waals surface area contributed by atoms with Crippen LogP contribution in [-0.2, 0) is 9.53 Å². The number of amides is 3. The fourth-order valence-corrected chi connectivity index (χ4v) is 4.86. The highest BCUT2D eigenvalue weighted by molar-refractivity contribution is 5.95. The first-order valence-electron chi connectivity index (χ1n) is 12.8. The van der Waals surface area contributed by atoms with Crippen LogP contribution in [0.15, 0.2) is 78.5 Å². The van der Waals surface area contributed by atoms with Gasteiger partial charge >= 0.3 is 12.0 Å². The number of ether oxygens (including phenoxy) is 1. The minimum atomic E-state index is -0.651. The van der Waals surface area contributed by atoms with Gasteiger partial charge in [0, 0.05) is 50.5 Å². The summed E-state index contributed by atoms with van der Waals surface area (Å²) in [5.41, 5.74) is 2.19. The van der Waals surface area contributed by atoms with Gasteiger partial charge < -0.3 is 15.0 Å². The van der Waals surface area contributed by atoms with Gasteiger partial charge in [-0.3, -0.25) is 14.6 Å². The van der Waals surface area contributed by atoms with Crippen LogP contribution in [0, 0.1) is 5.82 Å². The van der Waals surface area contributed by atoms with Crippen molar-refractivity contribution < 1.29 is 23.5 Å². The zero-order chi connectivity index (χ0) is 27.1. The van der Waals surface area contributed by atoms with Crippen LogP contribution in [0.4, 0.5) is 9.18 Å². The van der Waals surface area contributed by atoms with Crippen molar-refractivity contribution in [2.75, 3.05) is 45.9 Å². The Morgan fingerprint density at radius 2 is 1.82 bits per heavy atom. The predicted octanol–water partition coefficient (Wildman–Crippen LogP) is 3.74. The number of urea groups is 1. The van der Waals surface area contributed by atoms with Gasteiger partial charge in [-0.2, -0.15) is 0 Å². The molecule has 2 aliphatic rings. The maximum atomic E-state index is 13.3. The second-order valence-electron chi connectivity index (χ2n) is 9.20. The van der Waals surface area contributed by atoms with Crippen LogP contribution < -0.4 is 5.32 Å². The van der Waals surface area contributed by atoms with Crippen LogP contribution in [-0.4, -0.2) is 78.5 Å². The van der Waals surface area contributed by atoms with E-state index in [0.29, 0.717) is 56.0 Å². The molecule has 2 aromatic rings. The smallest absolute Gasteiger partial charge is 0.338 e. The van der Waals surface area contributed by atoms with Crippen molar-refractivity contribution in [1.82, 2.24) is 20.0 Å². The number of benzene rings is 2. The van der Waals surface area contributed by atoms with E-state index in [-0.39, 0.29) is 30.9 Å². The molecule has 200 valence electrons. The number of halogens is 1. The molecule has 0 saturated carbocycles. The van der Waals surface area contributed by atoms with Crippen LogP contribution in [0.3, 0.4) is 0 Å². The average Bonchev–Trinajstić information content (AvgIpc) is 3.16. The predicted molar refractivity (Wildman–Crippen MR) is 142 cm³/mol. The minimum absolute atomic E-state index is 0.146. The Kier molecular flexibility index (Phi) is 8.91. The van der Waals surface area contributed by atoms with E-state index in [9.17, 15) is 18.8 Å². The van der Waals surface area contributed by atoms with Crippen molar-refractivity contribution in [3.05, 3.63) is 95.5 Å². The average molecular weight is 521 g/mol. The van der Waals surface area contributed by atoms with E-state index in [2.05, 4.69) is 16.8 Å². The summed E-state index contributed by atoms with van der Waals surface area (Å²) in [5.74, 6) is -1.01. The molecule has 38 heavy (non-hydrogen) atoms. The van der Waals surface area contributed by atoms with Crippen LogP contribution in [0.25, 0.3) is 0 Å². The molecule has 8 nitrogen and oxygen atoms in total. The van der Waals surface area contributed by atoms with E-state index in [0.717, 1.165) is 5.56 Å². The van der Waals surface area contributed by atoms with E-state index in [4.69, 9.17) is 4.74 Å². The van der Waals surface area contributed by atoms with E-state index in [1.54, 1.807) is 17.9 Å². The molecule has 1 unspecified atom stereocenters. The van der Waals surface area contributed by atoms with Gasteiger partial charge in [0.15, 0.2) is 0 Å². The molecule has 1 fully saturated rings. The molecule has 2 aromatic carbocycles. The topological polar surface area (TPSA) is 82.2 Å². The van der Waals surface area contributed by atoms with E-state index < -0.39 is 12.0 Å². The van der Waals surface area contributed by atoms with E-state index in [1.165, 1.54) is 29.2 Å². The third-order valence-corrected chi connectivity index (χ3v) is 6.72. The van der Waals surface area contributed by atoms with Gasteiger partial charge in [-0.25, -0.2) is 14.0 Å². The summed E-state index contributed by atoms with van der Waals surface area (Å²) in [5, 5.41) is 2.96. The molecular weight excluding hydrogens is 487 g/mol. The lowest BCUT2D eigenvalue weighted by molar-refractivity contribution is -0.139. The summed E-state index contributed by atoms with van der Waals surface area (Å²) in [7, 11) is 0. The van der Waals surface area contributed by atoms with Crippen LogP contribution in [0.1, 0.15) is 35.3 Å². The maximum Gasteiger partial charge on any atom is 0.338 e. The molecule has 4 rings (SSSR count). The summed E-state index contributed by atoms with van der Waals surface area (Å²) in [4.78, 5) is 44.9. The molecule has 1 atom stereocenters. The molecule has 0 aliphatic carbocycles. The molecule has 0 spiro atoms. The van der Waals surface area contributed by atoms with Crippen molar-refractivity contribution in [2.24, 2.45) is 0 Å². The normalized spacial score (nSPS) is 18.6. The number of nitrogens with zero attached hydrogens (tertiary/aromatic N) is 3. The number of esters is 1. The first-order valence-corrected chi connectivity index (χ1v) is 12.8. The van der Waals surface area contributed by atoms with Gasteiger partial charge in [0.25, 0.3) is 5.91 Å². The summed E-state index contributed by atoms with van der Waals surface area (Å²) in [6.45, 7) is 8.55. The fraction of sp³-hybridized carbons (Fsp3) is 0.345. The third kappa shape index (κ3) is 6.11. The fourth-order valence-electron chi connectivity index (χ4n) is 4.86. The first-order chi connectivity index (χ1) is 18.4. The largest absolute Gasteiger partial charge is 0.463 e. The zero-order valence-corrected chi connectivity index (χ0v) is 21.6. The zero-order valence-electron chi connectivity index (χ0n) is 21.6. The molecule has 1 N–H and O–H groups in total. The number of nitrogens with one attached hydrogen (secondary N) is 1. The molecule has 1 saturated heterocycles. The van der Waals surface area contributed by atoms with Crippen molar-refractivity contribution >= 4 is 17.9 Å². The van der Waals surface area contributed by atoms with Gasteiger partial charge in [0.1, 0.15) is 5.82 Å². The molecule has 2 aliphatic heterocycles. The van der Waals surface area contributed by atoms with Crippen LogP contribution in [0.5, 0.6) is 0 Å². The number of hydrogen-bond donors (Lipinski definition) is 1. The first kappa shape index (κ1) is 27.1. The summed E-state index contributed by atoms with van der Waals surface area (Å²) >= 11 is 0. The summed E-state index contributed by atoms with van der Waals surface area (Å²) in [6, 6.07) is 13.9. The second-order valence-corrected chi connectivity index (χ2v) is 9.20. The van der Waals surface area contributed by atoms with Crippen molar-refractivity contribution in [3.63, 3.8) is 0 Å². The molecule has 0 aromatic heterocycles. The molecule has 9 heteroatoms. The lowest BCUT2D eigenvalue weighted by Gasteiger charge is -2.38. The Balaban J connectivity index is 1.62. The Morgan fingerprint density at radius 3 is 2.50 bits per heavy atom. The number of carbonyl (C=O) groups is 3. The molecule has 3 amide bonds. The number of hydrogen-bond acceptors (Lipinski definition) is 5. The standard InChI is InChI=1S/C29H33FN4O4/c1-3-15-34-24(25(28(36)38-4-2)26(31-29(34)37)21-9-6-5-7-10-21)20-32-16-8-17-33(19-18-32)27(35)22-11-13-23(30)14-12-22/h3,5-7,9-14,26H,1,4,8,15-20H2,2H3,(H,31,37). The molecular formula is C29H33FN4O4. The Hall–Kier alpha value is -3.98. The Morgan fingerprint density at radius 1 is 1.08 bits per heavy atom. The van der Waals surface area contributed by atoms with Crippen molar-refractivity contribution in [3.8, 4) is 0 Å². The molecule has 2 heterocycles. The van der Waals surface area contributed by atoms with E-state index in [1.807, 2.05) is 30.3 Å². The van der Waals surface area contributed by atoms with Gasteiger partial charge in [0.2, 0.25) is 0 Å². The van der Waals surface area contributed by atoms with Gasteiger partial charge in [-0.1, -0.05) is 36.4 Å². The van der Waals surface area contributed by atoms with Gasteiger partial charge in [-0.15, -0.1) is 6.58 Å². The summed E-state index contributed by atoms with van der Waals surface area (Å²) < 4.78 is 18.8. The summed E-state index contributed by atoms with van der Waals surface area (Å²) in [6.07, 6.45) is 2.33. The van der Waals surface area contributed by atoms with Crippen molar-refractivity contribution in [2.45, 2.75) is 19.4 Å². The lowest BCUT2D eigenvalue weighted by Crippen LogP contribution is -2.51. The quantitative estimate of drug-likeness (QED) is 0.424. The van der Waals surface area contributed by atoms with Crippen LogP contribution >= 0.6 is 0 Å². The molecule has 0 bridgehead atoms. The van der Waals surface area contributed by atoms with Gasteiger partial charge in [-0.05, 0) is 43.2 Å². The highest BCUT2D eigenvalue weighted by Gasteiger charge is 2.38. The lowest BCUT2D eigenvalue weighted by atomic mass is 9.94. The van der Waals surface area contributed by atoms with Crippen molar-refractivity contribution in [1.29, 1.82) is 0 Å². The second kappa shape index (κ2) is 12.5. The number of rotatable bonds is 8. The maximum absolute atomic E-state index is 13.3. The third-order valence-electron chi connectivity index (χ3n) is 6.72. The molecule has 0 radical (unpaired) electrons. The van der Waals surface area contributed by atoms with E-state index >= 15 is 0 Å². The SMILES string of the molecule is C=CCN1C(=O)NC(c2ccccc2)C(C(=O)OCC)=C1CN1CCCN(C(=O)c2ccc(F)cc2)CC1. The minimum Gasteiger partial charge on any atom is -0.463 e. The highest BCUT2D eigenvalue weighted by atomic mass is 19.1. The highest BCUT2D eigenvalue weighted by Crippen LogP contribution is 2.32. The van der Waals surface area contributed by atoms with Crippen LogP contribution in [0.2, 0.25) is 0 Å². The number of carbonyl (C=O) groups excluding carboxylic acids is 3. The monoisotopic (exact) mass is 520 g/mol. The Labute approximate surface area is 222 Å².